The third kappa shape index (κ3) is 1.87. The number of hydrogen-bond donors (Lipinski definition) is 1. The fourth-order valence-corrected chi connectivity index (χ4v) is 3.90. The predicted octanol–water partition coefficient (Wildman–Crippen LogP) is 0.827. The summed E-state index contributed by atoms with van der Waals surface area (Å²) in [5, 5.41) is 2.65. The Hall–Kier alpha value is -2.50. The van der Waals surface area contributed by atoms with Crippen LogP contribution in [0.25, 0.3) is 0 Å². The van der Waals surface area contributed by atoms with Gasteiger partial charge in [-0.05, 0) is 30.4 Å². The van der Waals surface area contributed by atoms with Crippen molar-refractivity contribution < 1.29 is 14.4 Å². The van der Waals surface area contributed by atoms with Crippen LogP contribution in [0.15, 0.2) is 36.7 Å². The maximum Gasteiger partial charge on any atom is 0.244 e. The van der Waals surface area contributed by atoms with Crippen LogP contribution in [0.4, 0.5) is 5.69 Å². The number of carbonyl (C=O) groups excluding carboxylic acids is 3. The fraction of sp³-hybridized carbons (Fsp3) is 0.375. The molecule has 4 atom stereocenters. The summed E-state index contributed by atoms with van der Waals surface area (Å²) in [4.78, 5) is 42.0. The summed E-state index contributed by atoms with van der Waals surface area (Å²) in [7, 11) is 0. The number of fused-ring (bicyclic) bond motifs is 5. The minimum Gasteiger partial charge on any atom is -0.323 e. The molecule has 3 aliphatic rings. The van der Waals surface area contributed by atoms with E-state index in [0.29, 0.717) is 5.69 Å². The highest BCUT2D eigenvalue weighted by atomic mass is 16.2. The zero-order valence-electron chi connectivity index (χ0n) is 11.8. The molecule has 0 unspecified atom stereocenters. The Kier molecular flexibility index (Phi) is 2.85. The number of nitrogens with one attached hydrogen (secondary N) is 1. The molecule has 0 spiro atoms. The third-order valence-electron chi connectivity index (χ3n) is 4.81. The maximum absolute atomic E-state index is 12.5. The normalized spacial score (nSPS) is 31.7. The minimum atomic E-state index is -0.380. The smallest absolute Gasteiger partial charge is 0.244 e. The molecule has 3 amide bonds. The Balaban J connectivity index is 1.47. The van der Waals surface area contributed by atoms with Crippen molar-refractivity contribution in [2.75, 3.05) is 11.9 Å². The number of imide groups is 1. The van der Waals surface area contributed by atoms with Gasteiger partial charge in [0.1, 0.15) is 6.54 Å². The topological polar surface area (TPSA) is 79.4 Å². The largest absolute Gasteiger partial charge is 0.323 e. The van der Waals surface area contributed by atoms with Crippen LogP contribution in [-0.2, 0) is 14.4 Å². The molecule has 2 aliphatic carbocycles. The summed E-state index contributed by atoms with van der Waals surface area (Å²) in [6, 6.07) is 3.41. The number of pyridine rings is 1. The molecule has 6 heteroatoms. The Morgan fingerprint density at radius 2 is 1.91 bits per heavy atom. The van der Waals surface area contributed by atoms with Crippen molar-refractivity contribution in [1.82, 2.24) is 9.88 Å². The number of likely N-dealkylation sites (tertiary alicyclic amines) is 1. The first kappa shape index (κ1) is 13.2. The van der Waals surface area contributed by atoms with Crippen molar-refractivity contribution >= 4 is 23.4 Å². The molecule has 1 aromatic rings. The second-order valence-corrected chi connectivity index (χ2v) is 6.05. The molecule has 1 aliphatic heterocycles. The van der Waals surface area contributed by atoms with Crippen LogP contribution < -0.4 is 5.32 Å². The molecule has 0 radical (unpaired) electrons. The standard InChI is InChI=1S/C16H15N3O3/c20-12(18-11-2-1-5-17-7-11)8-19-15(21)13-9-3-4-10(6-9)14(13)16(19)22/h1-5,7,9-10,13-14H,6,8H2,(H,18,20)/t9-,10-,13-,14+/m0/s1. The van der Waals surface area contributed by atoms with Crippen LogP contribution in [0.3, 0.4) is 0 Å². The van der Waals surface area contributed by atoms with E-state index in [1.807, 2.05) is 12.2 Å². The van der Waals surface area contributed by atoms with Gasteiger partial charge in [0.2, 0.25) is 17.7 Å². The summed E-state index contributed by atoms with van der Waals surface area (Å²) in [5.74, 6) is -0.964. The summed E-state index contributed by atoms with van der Waals surface area (Å²) in [6.07, 6.45) is 8.09. The molecule has 112 valence electrons. The summed E-state index contributed by atoms with van der Waals surface area (Å²) < 4.78 is 0. The van der Waals surface area contributed by atoms with E-state index in [1.165, 1.54) is 6.20 Å². The summed E-state index contributed by atoms with van der Waals surface area (Å²) in [5.41, 5.74) is 0.550. The number of aromatic nitrogens is 1. The Morgan fingerprint density at radius 1 is 1.23 bits per heavy atom. The van der Waals surface area contributed by atoms with Gasteiger partial charge in [-0.2, -0.15) is 0 Å². The van der Waals surface area contributed by atoms with Gasteiger partial charge in [-0.1, -0.05) is 12.2 Å². The second-order valence-electron chi connectivity index (χ2n) is 6.05. The lowest BCUT2D eigenvalue weighted by molar-refractivity contribution is -0.143. The van der Waals surface area contributed by atoms with Crippen LogP contribution in [0.1, 0.15) is 6.42 Å². The van der Waals surface area contributed by atoms with Gasteiger partial charge >= 0.3 is 0 Å². The quantitative estimate of drug-likeness (QED) is 0.662. The molecule has 2 heterocycles. The molecule has 1 N–H and O–H groups in total. The van der Waals surface area contributed by atoms with Crippen molar-refractivity contribution in [3.05, 3.63) is 36.7 Å². The molecule has 2 fully saturated rings. The van der Waals surface area contributed by atoms with Gasteiger partial charge in [0.15, 0.2) is 0 Å². The van der Waals surface area contributed by atoms with Crippen LogP contribution in [0.5, 0.6) is 0 Å². The van der Waals surface area contributed by atoms with Gasteiger partial charge < -0.3 is 5.32 Å². The van der Waals surface area contributed by atoms with Crippen LogP contribution >= 0.6 is 0 Å². The zero-order chi connectivity index (χ0) is 15.3. The number of allylic oxidation sites excluding steroid dienone is 2. The van der Waals surface area contributed by atoms with Crippen molar-refractivity contribution in [3.63, 3.8) is 0 Å². The molecule has 0 aromatic carbocycles. The molecule has 4 rings (SSSR count). The first-order valence-electron chi connectivity index (χ1n) is 7.38. The van der Waals surface area contributed by atoms with Crippen LogP contribution in [0.2, 0.25) is 0 Å². The minimum absolute atomic E-state index is 0.165. The van der Waals surface area contributed by atoms with Gasteiger partial charge in [-0.3, -0.25) is 24.3 Å². The first-order valence-corrected chi connectivity index (χ1v) is 7.38. The van der Waals surface area contributed by atoms with E-state index >= 15 is 0 Å². The van der Waals surface area contributed by atoms with E-state index in [2.05, 4.69) is 10.3 Å². The molecule has 1 aromatic heterocycles. The third-order valence-corrected chi connectivity index (χ3v) is 4.81. The van der Waals surface area contributed by atoms with Crippen LogP contribution in [-0.4, -0.2) is 34.2 Å². The average molecular weight is 297 g/mol. The summed E-state index contributed by atoms with van der Waals surface area (Å²) >= 11 is 0. The van der Waals surface area contributed by atoms with E-state index in [4.69, 9.17) is 0 Å². The molecule has 1 saturated heterocycles. The fourth-order valence-electron chi connectivity index (χ4n) is 3.90. The number of carbonyl (C=O) groups is 3. The lowest BCUT2D eigenvalue weighted by atomic mass is 9.85. The second kappa shape index (κ2) is 4.76. The molecule has 22 heavy (non-hydrogen) atoms. The van der Waals surface area contributed by atoms with Gasteiger partial charge in [0.05, 0.1) is 23.7 Å². The Labute approximate surface area is 127 Å². The number of anilines is 1. The number of amides is 3. The first-order chi connectivity index (χ1) is 10.6. The van der Waals surface area contributed by atoms with E-state index in [0.717, 1.165) is 11.3 Å². The van der Waals surface area contributed by atoms with Gasteiger partial charge in [-0.25, -0.2) is 0 Å². The van der Waals surface area contributed by atoms with Gasteiger partial charge in [0.25, 0.3) is 0 Å². The van der Waals surface area contributed by atoms with Crippen molar-refractivity contribution in [2.24, 2.45) is 23.7 Å². The molecule has 2 bridgehead atoms. The average Bonchev–Trinajstić information content (AvgIpc) is 3.18. The predicted molar refractivity (Wildman–Crippen MR) is 77.3 cm³/mol. The number of hydrogen-bond acceptors (Lipinski definition) is 4. The van der Waals surface area contributed by atoms with E-state index in [9.17, 15) is 14.4 Å². The molecular weight excluding hydrogens is 282 g/mol. The Morgan fingerprint density at radius 3 is 2.50 bits per heavy atom. The monoisotopic (exact) mass is 297 g/mol. The highest BCUT2D eigenvalue weighted by molar-refractivity contribution is 6.09. The summed E-state index contributed by atoms with van der Waals surface area (Å²) in [6.45, 7) is -0.223. The lowest BCUT2D eigenvalue weighted by Gasteiger charge is -2.16. The Bertz CT molecular complexity index is 655. The van der Waals surface area contributed by atoms with Crippen molar-refractivity contribution in [3.8, 4) is 0 Å². The molecule has 6 nitrogen and oxygen atoms in total. The highest BCUT2D eigenvalue weighted by Crippen LogP contribution is 2.52. The lowest BCUT2D eigenvalue weighted by Crippen LogP contribution is -2.39. The van der Waals surface area contributed by atoms with Gasteiger partial charge in [0, 0.05) is 6.20 Å². The molecule has 1 saturated carbocycles. The molecular formula is C16H15N3O3. The number of nitrogens with zero attached hydrogens (tertiary/aromatic N) is 2. The SMILES string of the molecule is O=C(CN1C(=O)[C@@H]2[C@H](C1=O)[C@H]1C=C[C@H]2C1)Nc1cccnc1. The van der Waals surface area contributed by atoms with E-state index < -0.39 is 0 Å². The van der Waals surface area contributed by atoms with Crippen molar-refractivity contribution in [1.29, 1.82) is 0 Å². The van der Waals surface area contributed by atoms with Crippen LogP contribution in [0, 0.1) is 23.7 Å². The van der Waals surface area contributed by atoms with Gasteiger partial charge in [-0.15, -0.1) is 0 Å². The zero-order valence-corrected chi connectivity index (χ0v) is 11.8. The van der Waals surface area contributed by atoms with E-state index in [1.54, 1.807) is 18.3 Å². The maximum atomic E-state index is 12.5. The highest BCUT2D eigenvalue weighted by Gasteiger charge is 2.59. The van der Waals surface area contributed by atoms with E-state index in [-0.39, 0.29) is 47.9 Å². The van der Waals surface area contributed by atoms with Crippen molar-refractivity contribution in [2.45, 2.75) is 6.42 Å². The number of rotatable bonds is 3.